The Morgan fingerprint density at radius 1 is 1.44 bits per heavy atom. The van der Waals surface area contributed by atoms with Crippen LogP contribution in [-0.2, 0) is 11.2 Å². The molecule has 0 spiro atoms. The summed E-state index contributed by atoms with van der Waals surface area (Å²) in [6.45, 7) is 3.60. The monoisotopic (exact) mass is 263 g/mol. The minimum atomic E-state index is -2.45. The van der Waals surface area contributed by atoms with E-state index < -0.39 is 13.0 Å². The van der Waals surface area contributed by atoms with E-state index in [1.807, 2.05) is 13.8 Å². The van der Waals surface area contributed by atoms with E-state index in [1.54, 1.807) is 0 Å². The molecule has 0 aliphatic heterocycles. The van der Waals surface area contributed by atoms with Crippen molar-refractivity contribution in [3.05, 3.63) is 11.7 Å². The third kappa shape index (κ3) is 4.66. The van der Waals surface area contributed by atoms with Gasteiger partial charge < -0.3 is 15.0 Å². The van der Waals surface area contributed by atoms with Crippen LogP contribution in [0.4, 0.5) is 8.78 Å². The number of rotatable bonds is 8. The van der Waals surface area contributed by atoms with Gasteiger partial charge in [-0.25, -0.2) is 8.78 Å². The van der Waals surface area contributed by atoms with Crippen molar-refractivity contribution in [3.8, 4) is 0 Å². The van der Waals surface area contributed by atoms with Crippen LogP contribution < -0.4 is 5.73 Å². The quantitative estimate of drug-likeness (QED) is 0.725. The average molecular weight is 263 g/mol. The van der Waals surface area contributed by atoms with Crippen LogP contribution in [0.1, 0.15) is 38.0 Å². The van der Waals surface area contributed by atoms with Crippen LogP contribution in [0.15, 0.2) is 4.52 Å². The van der Waals surface area contributed by atoms with Gasteiger partial charge in [0.05, 0.1) is 12.6 Å². The highest BCUT2D eigenvalue weighted by molar-refractivity contribution is 4.93. The third-order valence-electron chi connectivity index (χ3n) is 2.74. The van der Waals surface area contributed by atoms with E-state index in [1.165, 1.54) is 0 Å². The minimum Gasteiger partial charge on any atom is -0.375 e. The predicted molar refractivity (Wildman–Crippen MR) is 61.2 cm³/mol. The lowest BCUT2D eigenvalue weighted by molar-refractivity contribution is 0.0182. The maximum absolute atomic E-state index is 11.8. The zero-order valence-electron chi connectivity index (χ0n) is 10.6. The smallest absolute Gasteiger partial charge is 0.261 e. The first-order valence-corrected chi connectivity index (χ1v) is 5.98. The highest BCUT2D eigenvalue weighted by Crippen LogP contribution is 2.19. The minimum absolute atomic E-state index is 0.141. The molecule has 0 bridgehead atoms. The number of nitrogens with zero attached hydrogens (tertiary/aromatic N) is 2. The van der Waals surface area contributed by atoms with Crippen molar-refractivity contribution in [1.82, 2.24) is 10.1 Å². The molecule has 0 radical (unpaired) electrons. The molecule has 18 heavy (non-hydrogen) atoms. The second-order valence-corrected chi connectivity index (χ2v) is 4.18. The third-order valence-corrected chi connectivity index (χ3v) is 2.74. The molecule has 1 heterocycles. The summed E-state index contributed by atoms with van der Waals surface area (Å²) in [5.74, 6) is 1.06. The molecule has 104 valence electrons. The lowest BCUT2D eigenvalue weighted by Gasteiger charge is -2.12. The Balaban J connectivity index is 2.38. The first-order valence-electron chi connectivity index (χ1n) is 5.98. The fraction of sp³-hybridized carbons (Fsp3) is 0.818. The summed E-state index contributed by atoms with van der Waals surface area (Å²) >= 11 is 0. The average Bonchev–Trinajstić information content (AvgIpc) is 2.81. The number of alkyl halides is 2. The maximum atomic E-state index is 11.8. The molecule has 1 aromatic heterocycles. The van der Waals surface area contributed by atoms with Gasteiger partial charge in [0.15, 0.2) is 5.82 Å². The summed E-state index contributed by atoms with van der Waals surface area (Å²) in [5.41, 5.74) is 5.93. The van der Waals surface area contributed by atoms with Crippen LogP contribution in [0, 0.1) is 5.92 Å². The van der Waals surface area contributed by atoms with Gasteiger partial charge in [-0.05, 0) is 5.92 Å². The number of aromatic nitrogens is 2. The summed E-state index contributed by atoms with van der Waals surface area (Å²) in [5, 5.41) is 3.74. The van der Waals surface area contributed by atoms with E-state index in [-0.39, 0.29) is 18.6 Å². The fourth-order valence-electron chi connectivity index (χ4n) is 1.34. The number of halogens is 2. The number of nitrogens with two attached hydrogens (primary N) is 1. The lowest BCUT2D eigenvalue weighted by Crippen LogP contribution is -2.19. The molecule has 0 unspecified atom stereocenters. The Morgan fingerprint density at radius 2 is 2.17 bits per heavy atom. The van der Waals surface area contributed by atoms with Gasteiger partial charge in [0, 0.05) is 6.42 Å². The van der Waals surface area contributed by atoms with Crippen molar-refractivity contribution in [2.45, 2.75) is 39.2 Å². The van der Waals surface area contributed by atoms with Crippen LogP contribution >= 0.6 is 0 Å². The van der Waals surface area contributed by atoms with Crippen LogP contribution in [-0.4, -0.2) is 29.8 Å². The Hall–Kier alpha value is -1.08. The summed E-state index contributed by atoms with van der Waals surface area (Å²) in [7, 11) is 0. The zero-order valence-corrected chi connectivity index (χ0v) is 10.6. The summed E-state index contributed by atoms with van der Waals surface area (Å²) < 4.78 is 33.4. The van der Waals surface area contributed by atoms with Gasteiger partial charge in [0.25, 0.3) is 6.43 Å². The maximum Gasteiger partial charge on any atom is 0.261 e. The molecular weight excluding hydrogens is 244 g/mol. The van der Waals surface area contributed by atoms with Gasteiger partial charge in [0.2, 0.25) is 5.89 Å². The van der Waals surface area contributed by atoms with Gasteiger partial charge in [0.1, 0.15) is 6.61 Å². The normalized spacial score (nSPS) is 15.0. The molecule has 0 amide bonds. The summed E-state index contributed by atoms with van der Waals surface area (Å²) in [6, 6.07) is -0.293. The second-order valence-electron chi connectivity index (χ2n) is 4.18. The van der Waals surface area contributed by atoms with E-state index in [0.29, 0.717) is 18.1 Å². The van der Waals surface area contributed by atoms with Gasteiger partial charge in [-0.3, -0.25) is 0 Å². The molecule has 0 saturated heterocycles. The Morgan fingerprint density at radius 3 is 2.78 bits per heavy atom. The van der Waals surface area contributed by atoms with Crippen LogP contribution in [0.2, 0.25) is 0 Å². The van der Waals surface area contributed by atoms with E-state index in [4.69, 9.17) is 15.0 Å². The molecule has 2 N–H and O–H groups in total. The molecule has 0 aromatic carbocycles. The van der Waals surface area contributed by atoms with E-state index in [9.17, 15) is 8.78 Å². The molecule has 0 aliphatic rings. The highest BCUT2D eigenvalue weighted by Gasteiger charge is 2.19. The molecule has 2 atom stereocenters. The van der Waals surface area contributed by atoms with Gasteiger partial charge in [-0.1, -0.05) is 25.4 Å². The Labute approximate surface area is 105 Å². The first kappa shape index (κ1) is 15.0. The van der Waals surface area contributed by atoms with Crippen molar-refractivity contribution in [3.63, 3.8) is 0 Å². The standard InChI is InChI=1S/C11H19F2N3O2/c1-3-7(2)10(14)11-15-9(16-18-11)4-5-17-6-8(12)13/h7-8,10H,3-6,14H2,1-2H3/t7-,10-/m0/s1. The van der Waals surface area contributed by atoms with E-state index >= 15 is 0 Å². The van der Waals surface area contributed by atoms with Crippen LogP contribution in [0.3, 0.4) is 0 Å². The van der Waals surface area contributed by atoms with Crippen molar-refractivity contribution in [2.75, 3.05) is 13.2 Å². The van der Waals surface area contributed by atoms with Crippen LogP contribution in [0.25, 0.3) is 0 Å². The SMILES string of the molecule is CC[C@H](C)[C@H](N)c1nc(CCOCC(F)F)no1. The molecule has 5 nitrogen and oxygen atoms in total. The van der Waals surface area contributed by atoms with Gasteiger partial charge >= 0.3 is 0 Å². The molecular formula is C11H19F2N3O2. The molecule has 1 aromatic rings. The van der Waals surface area contributed by atoms with Gasteiger partial charge in [-0.15, -0.1) is 0 Å². The molecule has 0 fully saturated rings. The summed E-state index contributed by atoms with van der Waals surface area (Å²) in [4.78, 5) is 4.13. The molecule has 0 aliphatic carbocycles. The highest BCUT2D eigenvalue weighted by atomic mass is 19.3. The van der Waals surface area contributed by atoms with Crippen molar-refractivity contribution >= 4 is 0 Å². The van der Waals surface area contributed by atoms with Crippen molar-refractivity contribution in [2.24, 2.45) is 11.7 Å². The zero-order chi connectivity index (χ0) is 13.5. The molecule has 1 rings (SSSR count). The number of hydrogen-bond donors (Lipinski definition) is 1. The lowest BCUT2D eigenvalue weighted by atomic mass is 10.0. The fourth-order valence-corrected chi connectivity index (χ4v) is 1.34. The van der Waals surface area contributed by atoms with Crippen molar-refractivity contribution in [1.29, 1.82) is 0 Å². The van der Waals surface area contributed by atoms with E-state index in [2.05, 4.69) is 10.1 Å². The summed E-state index contributed by atoms with van der Waals surface area (Å²) in [6.07, 6.45) is -1.20. The largest absolute Gasteiger partial charge is 0.375 e. The molecule has 0 saturated carbocycles. The van der Waals surface area contributed by atoms with Gasteiger partial charge in [-0.2, -0.15) is 4.98 Å². The second kappa shape index (κ2) is 7.38. The van der Waals surface area contributed by atoms with Crippen LogP contribution in [0.5, 0.6) is 0 Å². The van der Waals surface area contributed by atoms with E-state index in [0.717, 1.165) is 6.42 Å². The first-order chi connectivity index (χ1) is 8.54. The number of hydrogen-bond acceptors (Lipinski definition) is 5. The Kier molecular flexibility index (Phi) is 6.14. The molecule has 7 heteroatoms. The Bertz CT molecular complexity index is 347. The predicted octanol–water partition coefficient (Wildman–Crippen LogP) is 1.94. The van der Waals surface area contributed by atoms with Crippen molar-refractivity contribution < 1.29 is 18.0 Å². The topological polar surface area (TPSA) is 74.2 Å². The number of ether oxygens (including phenoxy) is 1.